The molecule has 0 N–H and O–H groups in total. The van der Waals surface area contributed by atoms with Crippen LogP contribution in [0.2, 0.25) is 0 Å². The van der Waals surface area contributed by atoms with Crippen molar-refractivity contribution in [1.82, 2.24) is 9.78 Å². The Labute approximate surface area is 125 Å². The molecule has 20 heavy (non-hydrogen) atoms. The van der Waals surface area contributed by atoms with Crippen molar-refractivity contribution in [2.45, 2.75) is 26.0 Å². The molecule has 1 aromatic heterocycles. The second-order valence-corrected chi connectivity index (χ2v) is 5.58. The van der Waals surface area contributed by atoms with Crippen molar-refractivity contribution < 1.29 is 9.53 Å². The Balaban J connectivity index is 2.02. The molecule has 1 aromatic carbocycles. The number of fused-ring (bicyclic) bond motifs is 1. The predicted octanol–water partition coefficient (Wildman–Crippen LogP) is 3.16. The Kier molecular flexibility index (Phi) is 3.72. The van der Waals surface area contributed by atoms with Crippen molar-refractivity contribution in [3.63, 3.8) is 0 Å². The minimum Gasteiger partial charge on any atom is -0.365 e. The zero-order chi connectivity index (χ0) is 14.1. The number of halogens is 1. The normalized spacial score (nSPS) is 17.8. The molecule has 1 aliphatic heterocycles. The van der Waals surface area contributed by atoms with Gasteiger partial charge in [0.25, 0.3) is 0 Å². The summed E-state index contributed by atoms with van der Waals surface area (Å²) in [5, 5.41) is 4.20. The van der Waals surface area contributed by atoms with E-state index in [2.05, 4.69) is 27.1 Å². The number of hydrogen-bond acceptors (Lipinski definition) is 3. The molecule has 2 aromatic rings. The van der Waals surface area contributed by atoms with Crippen LogP contribution in [0.1, 0.15) is 34.6 Å². The Morgan fingerprint density at radius 3 is 3.10 bits per heavy atom. The first-order valence-corrected chi connectivity index (χ1v) is 7.46. The standard InChI is InChI=1S/C15H15BrN2O2/c1-2-18-13(12(16)9-17-18)14(19)15-11-6-4-3-5-10(11)7-8-20-15/h3-6,9,15H,2,7-8H2,1H3. The van der Waals surface area contributed by atoms with Crippen molar-refractivity contribution in [3.8, 4) is 0 Å². The van der Waals surface area contributed by atoms with E-state index in [-0.39, 0.29) is 5.78 Å². The Bertz CT molecular complexity index is 651. The number of aryl methyl sites for hydroxylation is 1. The molecule has 0 saturated heterocycles. The van der Waals surface area contributed by atoms with E-state index < -0.39 is 6.10 Å². The Morgan fingerprint density at radius 2 is 2.30 bits per heavy atom. The van der Waals surface area contributed by atoms with Crippen LogP contribution in [0.5, 0.6) is 0 Å². The van der Waals surface area contributed by atoms with Gasteiger partial charge in [0.05, 0.1) is 17.3 Å². The van der Waals surface area contributed by atoms with Crippen LogP contribution in [0.25, 0.3) is 0 Å². The number of aromatic nitrogens is 2. The maximum Gasteiger partial charge on any atom is 0.215 e. The van der Waals surface area contributed by atoms with Crippen LogP contribution in [-0.2, 0) is 17.7 Å². The summed E-state index contributed by atoms with van der Waals surface area (Å²) < 4.78 is 8.15. The molecular weight excluding hydrogens is 320 g/mol. The molecule has 1 unspecified atom stereocenters. The van der Waals surface area contributed by atoms with Crippen molar-refractivity contribution in [2.75, 3.05) is 6.61 Å². The Hall–Kier alpha value is -1.46. The van der Waals surface area contributed by atoms with E-state index in [1.807, 2.05) is 25.1 Å². The molecule has 2 heterocycles. The average Bonchev–Trinajstić information content (AvgIpc) is 2.87. The minimum atomic E-state index is -0.529. The number of rotatable bonds is 3. The molecule has 0 fully saturated rings. The summed E-state index contributed by atoms with van der Waals surface area (Å²) in [5.74, 6) is -0.0385. The van der Waals surface area contributed by atoms with E-state index in [1.54, 1.807) is 10.9 Å². The smallest absolute Gasteiger partial charge is 0.215 e. The van der Waals surface area contributed by atoms with E-state index in [1.165, 1.54) is 5.56 Å². The molecule has 0 bridgehead atoms. The van der Waals surface area contributed by atoms with E-state index in [0.29, 0.717) is 18.8 Å². The fraction of sp³-hybridized carbons (Fsp3) is 0.333. The summed E-state index contributed by atoms with van der Waals surface area (Å²) in [6.07, 6.45) is 1.98. The monoisotopic (exact) mass is 334 g/mol. The molecule has 0 amide bonds. The van der Waals surface area contributed by atoms with Crippen molar-refractivity contribution >= 4 is 21.7 Å². The molecule has 0 radical (unpaired) electrons. The van der Waals surface area contributed by atoms with E-state index in [4.69, 9.17) is 4.74 Å². The molecule has 1 aliphatic rings. The minimum absolute atomic E-state index is 0.0385. The van der Waals surface area contributed by atoms with Crippen LogP contribution in [0.3, 0.4) is 0 Å². The van der Waals surface area contributed by atoms with Gasteiger partial charge < -0.3 is 4.74 Å². The number of nitrogens with zero attached hydrogens (tertiary/aromatic N) is 2. The number of benzene rings is 1. The summed E-state index contributed by atoms with van der Waals surface area (Å²) in [7, 11) is 0. The van der Waals surface area contributed by atoms with Gasteiger partial charge in [0.2, 0.25) is 5.78 Å². The summed E-state index contributed by atoms with van der Waals surface area (Å²) in [4.78, 5) is 12.8. The predicted molar refractivity (Wildman–Crippen MR) is 78.8 cm³/mol. The van der Waals surface area contributed by atoms with Crippen molar-refractivity contribution in [2.24, 2.45) is 0 Å². The molecular formula is C15H15BrN2O2. The molecule has 5 heteroatoms. The van der Waals surface area contributed by atoms with Gasteiger partial charge in [-0.05, 0) is 40.4 Å². The molecule has 104 valence electrons. The number of ketones is 1. The van der Waals surface area contributed by atoms with Gasteiger partial charge in [0, 0.05) is 6.54 Å². The average molecular weight is 335 g/mol. The van der Waals surface area contributed by atoms with Crippen molar-refractivity contribution in [3.05, 3.63) is 51.8 Å². The van der Waals surface area contributed by atoms with Crippen LogP contribution >= 0.6 is 15.9 Å². The lowest BCUT2D eigenvalue weighted by atomic mass is 9.94. The topological polar surface area (TPSA) is 44.1 Å². The van der Waals surface area contributed by atoms with Gasteiger partial charge >= 0.3 is 0 Å². The maximum atomic E-state index is 12.8. The summed E-state index contributed by atoms with van der Waals surface area (Å²) in [6, 6.07) is 7.97. The molecule has 1 atom stereocenters. The first-order valence-electron chi connectivity index (χ1n) is 6.67. The molecule has 0 aliphatic carbocycles. The first-order chi connectivity index (χ1) is 9.72. The van der Waals surface area contributed by atoms with Crippen LogP contribution in [-0.4, -0.2) is 22.2 Å². The lowest BCUT2D eigenvalue weighted by Gasteiger charge is -2.25. The highest BCUT2D eigenvalue weighted by molar-refractivity contribution is 9.10. The lowest BCUT2D eigenvalue weighted by molar-refractivity contribution is 0.0339. The number of hydrogen-bond donors (Lipinski definition) is 0. The third kappa shape index (κ3) is 2.21. The van der Waals surface area contributed by atoms with Crippen LogP contribution in [0.15, 0.2) is 34.9 Å². The van der Waals surface area contributed by atoms with Crippen LogP contribution in [0.4, 0.5) is 0 Å². The van der Waals surface area contributed by atoms with Gasteiger partial charge in [0.1, 0.15) is 11.8 Å². The third-order valence-corrected chi connectivity index (χ3v) is 4.14. The summed E-state index contributed by atoms with van der Waals surface area (Å²) in [6.45, 7) is 3.19. The lowest BCUT2D eigenvalue weighted by Crippen LogP contribution is -2.25. The van der Waals surface area contributed by atoms with Gasteiger partial charge in [-0.2, -0.15) is 5.10 Å². The highest BCUT2D eigenvalue weighted by Crippen LogP contribution is 2.31. The SMILES string of the molecule is CCn1ncc(Br)c1C(=O)C1OCCc2ccccc21. The van der Waals surface area contributed by atoms with Gasteiger partial charge in [0.15, 0.2) is 0 Å². The zero-order valence-electron chi connectivity index (χ0n) is 11.2. The summed E-state index contributed by atoms with van der Waals surface area (Å²) >= 11 is 3.41. The van der Waals surface area contributed by atoms with Gasteiger partial charge in [-0.1, -0.05) is 24.3 Å². The second-order valence-electron chi connectivity index (χ2n) is 4.72. The first kappa shape index (κ1) is 13.5. The number of carbonyl (C=O) groups is 1. The number of Topliss-reactive ketones (excluding diaryl/α,β-unsaturated/α-hetero) is 1. The Morgan fingerprint density at radius 1 is 1.50 bits per heavy atom. The fourth-order valence-corrected chi connectivity index (χ4v) is 3.07. The van der Waals surface area contributed by atoms with Crippen LogP contribution < -0.4 is 0 Å². The van der Waals surface area contributed by atoms with Crippen molar-refractivity contribution in [1.29, 1.82) is 0 Å². The van der Waals surface area contributed by atoms with Gasteiger partial charge in [-0.25, -0.2) is 0 Å². The van der Waals surface area contributed by atoms with E-state index in [9.17, 15) is 4.79 Å². The largest absolute Gasteiger partial charge is 0.365 e. The molecule has 0 spiro atoms. The highest BCUT2D eigenvalue weighted by atomic mass is 79.9. The maximum absolute atomic E-state index is 12.8. The molecule has 4 nitrogen and oxygen atoms in total. The van der Waals surface area contributed by atoms with Gasteiger partial charge in [-0.3, -0.25) is 9.48 Å². The fourth-order valence-electron chi connectivity index (χ4n) is 2.58. The quantitative estimate of drug-likeness (QED) is 0.810. The number of carbonyl (C=O) groups excluding carboxylic acids is 1. The van der Waals surface area contributed by atoms with Crippen LogP contribution in [0, 0.1) is 0 Å². The highest BCUT2D eigenvalue weighted by Gasteiger charge is 2.31. The third-order valence-electron chi connectivity index (χ3n) is 3.56. The van der Waals surface area contributed by atoms with E-state index in [0.717, 1.165) is 16.5 Å². The molecule has 0 saturated carbocycles. The molecule has 3 rings (SSSR count). The van der Waals surface area contributed by atoms with Gasteiger partial charge in [-0.15, -0.1) is 0 Å². The summed E-state index contributed by atoms with van der Waals surface area (Å²) in [5.41, 5.74) is 2.74. The second kappa shape index (κ2) is 5.50. The zero-order valence-corrected chi connectivity index (χ0v) is 12.8. The van der Waals surface area contributed by atoms with E-state index >= 15 is 0 Å². The number of ether oxygens (including phenoxy) is 1.